The molecule has 0 saturated heterocycles. The van der Waals surface area contributed by atoms with Crippen LogP contribution in [0.15, 0.2) is 0 Å². The second-order valence-electron chi connectivity index (χ2n) is 3.26. The first-order valence-electron chi connectivity index (χ1n) is 4.32. The quantitative estimate of drug-likeness (QED) is 0.416. The smallest absolute Gasteiger partial charge is 0.0935 e. The van der Waals surface area contributed by atoms with Crippen molar-refractivity contribution in [2.75, 3.05) is 20.1 Å². The third-order valence-electron chi connectivity index (χ3n) is 1.59. The van der Waals surface area contributed by atoms with Crippen LogP contribution in [0.25, 0.3) is 0 Å². The van der Waals surface area contributed by atoms with Crippen molar-refractivity contribution in [1.29, 1.82) is 0 Å². The van der Waals surface area contributed by atoms with Crippen molar-refractivity contribution in [3.05, 3.63) is 0 Å². The zero-order chi connectivity index (χ0) is 9.56. The van der Waals surface area contributed by atoms with Crippen molar-refractivity contribution < 1.29 is 10.2 Å². The topological polar surface area (TPSA) is 64.5 Å². The predicted octanol–water partition coefficient (Wildman–Crippen LogP) is -1.07. The minimum Gasteiger partial charge on any atom is -0.389 e. The molecule has 0 bridgehead atoms. The summed E-state index contributed by atoms with van der Waals surface area (Å²) < 4.78 is 0. The molecular weight excluding hydrogens is 156 g/mol. The van der Waals surface area contributed by atoms with Crippen molar-refractivity contribution in [2.45, 2.75) is 32.1 Å². The molecule has 4 N–H and O–H groups in total. The van der Waals surface area contributed by atoms with Crippen molar-refractivity contribution in [3.8, 4) is 0 Å². The summed E-state index contributed by atoms with van der Waals surface area (Å²) in [5.41, 5.74) is 0. The zero-order valence-electron chi connectivity index (χ0n) is 8.04. The number of hydrogen-bond donors (Lipinski definition) is 4. The van der Waals surface area contributed by atoms with Gasteiger partial charge in [0.1, 0.15) is 0 Å². The fraction of sp³-hybridized carbons (Fsp3) is 1.00. The van der Waals surface area contributed by atoms with Crippen molar-refractivity contribution in [3.63, 3.8) is 0 Å². The Morgan fingerprint density at radius 3 is 2.00 bits per heavy atom. The third-order valence-corrected chi connectivity index (χ3v) is 1.59. The van der Waals surface area contributed by atoms with Gasteiger partial charge in [-0.3, -0.25) is 0 Å². The van der Waals surface area contributed by atoms with Gasteiger partial charge in [-0.1, -0.05) is 13.8 Å². The highest BCUT2D eigenvalue weighted by Crippen LogP contribution is 1.91. The molecular formula is C8H20N2O2. The lowest BCUT2D eigenvalue weighted by Gasteiger charge is -2.19. The molecule has 0 aliphatic carbocycles. The summed E-state index contributed by atoms with van der Waals surface area (Å²) in [6.07, 6.45) is -1.39. The van der Waals surface area contributed by atoms with Crippen molar-refractivity contribution in [1.82, 2.24) is 10.6 Å². The molecule has 0 aliphatic rings. The highest BCUT2D eigenvalue weighted by molar-refractivity contribution is 4.71. The van der Waals surface area contributed by atoms with Gasteiger partial charge in [0.2, 0.25) is 0 Å². The van der Waals surface area contributed by atoms with Crippen LogP contribution in [0.3, 0.4) is 0 Å². The van der Waals surface area contributed by atoms with E-state index in [1.807, 2.05) is 13.8 Å². The van der Waals surface area contributed by atoms with Crippen LogP contribution in [0, 0.1) is 0 Å². The summed E-state index contributed by atoms with van der Waals surface area (Å²) in [6.45, 7) is 4.84. The number of aliphatic hydroxyl groups excluding tert-OH is 2. The Labute approximate surface area is 74.0 Å². The van der Waals surface area contributed by atoms with E-state index < -0.39 is 12.2 Å². The molecule has 12 heavy (non-hydrogen) atoms. The first kappa shape index (κ1) is 11.8. The van der Waals surface area contributed by atoms with Crippen molar-refractivity contribution >= 4 is 0 Å². The van der Waals surface area contributed by atoms with E-state index in [0.717, 1.165) is 0 Å². The van der Waals surface area contributed by atoms with Gasteiger partial charge in [-0.05, 0) is 7.05 Å². The molecule has 0 aromatic heterocycles. The molecule has 0 aliphatic heterocycles. The lowest BCUT2D eigenvalue weighted by atomic mass is 10.2. The molecule has 0 aromatic carbocycles. The lowest BCUT2D eigenvalue weighted by molar-refractivity contribution is 0.0210. The summed E-state index contributed by atoms with van der Waals surface area (Å²) in [7, 11) is 1.74. The summed E-state index contributed by atoms with van der Waals surface area (Å²) >= 11 is 0. The van der Waals surface area contributed by atoms with Crippen LogP contribution >= 0.6 is 0 Å². The average molecular weight is 176 g/mol. The van der Waals surface area contributed by atoms with Gasteiger partial charge in [-0.15, -0.1) is 0 Å². The van der Waals surface area contributed by atoms with Gasteiger partial charge in [0.15, 0.2) is 0 Å². The number of nitrogens with one attached hydrogen (secondary N) is 2. The summed E-state index contributed by atoms with van der Waals surface area (Å²) in [5.74, 6) is 0. The van der Waals surface area contributed by atoms with Crippen LogP contribution in [0.1, 0.15) is 13.8 Å². The molecule has 0 aromatic rings. The SMILES string of the molecule is CNCC(O)C(O)CNC(C)C. The molecule has 0 amide bonds. The summed E-state index contributed by atoms with van der Waals surface area (Å²) in [5, 5.41) is 24.5. The number of hydrogen-bond acceptors (Lipinski definition) is 4. The molecule has 4 nitrogen and oxygen atoms in total. The van der Waals surface area contributed by atoms with Gasteiger partial charge >= 0.3 is 0 Å². The van der Waals surface area contributed by atoms with E-state index in [2.05, 4.69) is 10.6 Å². The van der Waals surface area contributed by atoms with Crippen LogP contribution in [-0.2, 0) is 0 Å². The normalized spacial score (nSPS) is 16.5. The second kappa shape index (κ2) is 6.37. The Bertz CT molecular complexity index is 109. The van der Waals surface area contributed by atoms with Crippen LogP contribution in [0.2, 0.25) is 0 Å². The Morgan fingerprint density at radius 1 is 1.08 bits per heavy atom. The molecule has 2 unspecified atom stereocenters. The Hall–Kier alpha value is -0.160. The van der Waals surface area contributed by atoms with E-state index in [9.17, 15) is 10.2 Å². The molecule has 0 fully saturated rings. The number of aliphatic hydroxyl groups is 2. The third kappa shape index (κ3) is 5.49. The maximum atomic E-state index is 9.35. The molecule has 4 heteroatoms. The van der Waals surface area contributed by atoms with Crippen LogP contribution in [0.5, 0.6) is 0 Å². The Kier molecular flexibility index (Phi) is 6.28. The minimum atomic E-state index is -0.695. The van der Waals surface area contributed by atoms with E-state index in [1.165, 1.54) is 0 Å². The van der Waals surface area contributed by atoms with Gasteiger partial charge < -0.3 is 20.8 Å². The van der Waals surface area contributed by atoms with Gasteiger partial charge in [0.25, 0.3) is 0 Å². The summed E-state index contributed by atoms with van der Waals surface area (Å²) in [6, 6.07) is 0.335. The molecule has 0 radical (unpaired) electrons. The van der Waals surface area contributed by atoms with Gasteiger partial charge in [0, 0.05) is 19.1 Å². The van der Waals surface area contributed by atoms with E-state index in [1.54, 1.807) is 7.05 Å². The molecule has 0 rings (SSSR count). The first-order chi connectivity index (χ1) is 5.57. The number of likely N-dealkylation sites (N-methyl/N-ethyl adjacent to an activating group) is 1. The molecule has 74 valence electrons. The average Bonchev–Trinajstić information content (AvgIpc) is 2.00. The van der Waals surface area contributed by atoms with E-state index in [-0.39, 0.29) is 0 Å². The maximum Gasteiger partial charge on any atom is 0.0935 e. The van der Waals surface area contributed by atoms with E-state index >= 15 is 0 Å². The number of rotatable bonds is 6. The highest BCUT2D eigenvalue weighted by atomic mass is 16.3. The second-order valence-corrected chi connectivity index (χ2v) is 3.26. The molecule has 0 heterocycles. The first-order valence-corrected chi connectivity index (χ1v) is 4.32. The van der Waals surface area contributed by atoms with Crippen LogP contribution < -0.4 is 10.6 Å². The molecule has 2 atom stereocenters. The van der Waals surface area contributed by atoms with Crippen molar-refractivity contribution in [2.24, 2.45) is 0 Å². The van der Waals surface area contributed by atoms with Crippen LogP contribution in [0.4, 0.5) is 0 Å². The fourth-order valence-electron chi connectivity index (χ4n) is 0.838. The van der Waals surface area contributed by atoms with E-state index in [4.69, 9.17) is 0 Å². The summed E-state index contributed by atoms with van der Waals surface area (Å²) in [4.78, 5) is 0. The molecule has 0 saturated carbocycles. The lowest BCUT2D eigenvalue weighted by Crippen LogP contribution is -2.42. The minimum absolute atomic E-state index is 0.335. The van der Waals surface area contributed by atoms with Gasteiger partial charge in [-0.25, -0.2) is 0 Å². The fourth-order valence-corrected chi connectivity index (χ4v) is 0.838. The zero-order valence-corrected chi connectivity index (χ0v) is 8.04. The standard InChI is InChI=1S/C8H20N2O2/c1-6(2)10-5-8(12)7(11)4-9-3/h6-12H,4-5H2,1-3H3. The highest BCUT2D eigenvalue weighted by Gasteiger charge is 2.14. The van der Waals surface area contributed by atoms with Gasteiger partial charge in [0.05, 0.1) is 12.2 Å². The predicted molar refractivity (Wildman–Crippen MR) is 49.1 cm³/mol. The van der Waals surface area contributed by atoms with Gasteiger partial charge in [-0.2, -0.15) is 0 Å². The molecule has 0 spiro atoms. The monoisotopic (exact) mass is 176 g/mol. The van der Waals surface area contributed by atoms with Crippen LogP contribution in [-0.4, -0.2) is 48.6 Å². The van der Waals surface area contributed by atoms with E-state index in [0.29, 0.717) is 19.1 Å². The Balaban J connectivity index is 3.49. The maximum absolute atomic E-state index is 9.35. The Morgan fingerprint density at radius 2 is 1.58 bits per heavy atom. The largest absolute Gasteiger partial charge is 0.389 e.